The Morgan fingerprint density at radius 2 is 1.66 bits per heavy atom. The number of nitrogens with one attached hydrogen (secondary N) is 2. The fourth-order valence-electron chi connectivity index (χ4n) is 5.26. The van der Waals surface area contributed by atoms with Gasteiger partial charge in [0.15, 0.2) is 0 Å². The van der Waals surface area contributed by atoms with Crippen molar-refractivity contribution in [1.29, 1.82) is 0 Å². The molecule has 2 aromatic carbocycles. The van der Waals surface area contributed by atoms with Gasteiger partial charge in [-0.3, -0.25) is 9.59 Å². The minimum Gasteiger partial charge on any atom is -0.481 e. The molecule has 4 rings (SSSR count). The third-order valence-electron chi connectivity index (χ3n) is 7.39. The standard InChI is InChI=1S/C28H34N2O5/c1-19(15-25(31)30-18-28(12-6-13-28)16-26(32)33)11-14-29-27(34)35-17-24-22-9-4-2-7-20(22)21-8-3-5-10-23(21)24/h2-5,7-10,19,24H,6,11-18H2,1H3,(H,29,34)(H,30,31)(H,32,33). The average molecular weight is 479 g/mol. The van der Waals surface area contributed by atoms with E-state index in [1.165, 1.54) is 22.3 Å². The van der Waals surface area contributed by atoms with Gasteiger partial charge < -0.3 is 20.5 Å². The number of aliphatic carboxylic acids is 1. The van der Waals surface area contributed by atoms with Gasteiger partial charge in [-0.15, -0.1) is 0 Å². The molecule has 0 spiro atoms. The molecule has 0 heterocycles. The van der Waals surface area contributed by atoms with Gasteiger partial charge in [-0.1, -0.05) is 61.9 Å². The summed E-state index contributed by atoms with van der Waals surface area (Å²) >= 11 is 0. The van der Waals surface area contributed by atoms with Crippen LogP contribution in [0.4, 0.5) is 4.79 Å². The lowest BCUT2D eigenvalue weighted by Gasteiger charge is -2.40. The Morgan fingerprint density at radius 1 is 1.03 bits per heavy atom. The number of alkyl carbamates (subject to hydrolysis) is 1. The fourth-order valence-corrected chi connectivity index (χ4v) is 5.26. The maximum Gasteiger partial charge on any atom is 0.407 e. The van der Waals surface area contributed by atoms with Gasteiger partial charge in [0, 0.05) is 25.4 Å². The monoisotopic (exact) mass is 478 g/mol. The highest BCUT2D eigenvalue weighted by atomic mass is 16.5. The molecular weight excluding hydrogens is 444 g/mol. The summed E-state index contributed by atoms with van der Waals surface area (Å²) in [5.41, 5.74) is 4.45. The van der Waals surface area contributed by atoms with Crippen LogP contribution >= 0.6 is 0 Å². The Hall–Kier alpha value is -3.35. The molecule has 0 saturated heterocycles. The summed E-state index contributed by atoms with van der Waals surface area (Å²) in [7, 11) is 0. The van der Waals surface area contributed by atoms with Gasteiger partial charge in [0.05, 0.1) is 6.42 Å². The van der Waals surface area contributed by atoms with E-state index in [-0.39, 0.29) is 36.2 Å². The third kappa shape index (κ3) is 6.02. The van der Waals surface area contributed by atoms with Crippen LogP contribution in [-0.2, 0) is 14.3 Å². The second-order valence-corrected chi connectivity index (χ2v) is 10.1. The van der Waals surface area contributed by atoms with Crippen LogP contribution in [0.3, 0.4) is 0 Å². The molecule has 1 saturated carbocycles. The number of hydrogen-bond acceptors (Lipinski definition) is 4. The first kappa shape index (κ1) is 24.8. The van der Waals surface area contributed by atoms with E-state index in [9.17, 15) is 14.4 Å². The Bertz CT molecular complexity index is 1030. The number of hydrogen-bond donors (Lipinski definition) is 3. The second kappa shape index (κ2) is 10.9. The lowest BCUT2D eigenvalue weighted by atomic mass is 9.66. The number of carbonyl (C=O) groups excluding carboxylic acids is 2. The molecule has 1 unspecified atom stereocenters. The first-order chi connectivity index (χ1) is 16.9. The van der Waals surface area contributed by atoms with Crippen molar-refractivity contribution in [3.8, 4) is 11.1 Å². The van der Waals surface area contributed by atoms with Crippen molar-refractivity contribution in [2.45, 2.75) is 51.4 Å². The predicted octanol–water partition coefficient (Wildman–Crippen LogP) is 4.70. The van der Waals surface area contributed by atoms with Crippen LogP contribution < -0.4 is 10.6 Å². The summed E-state index contributed by atoms with van der Waals surface area (Å²) in [6, 6.07) is 16.4. The predicted molar refractivity (Wildman–Crippen MR) is 133 cm³/mol. The Balaban J connectivity index is 1.16. The van der Waals surface area contributed by atoms with E-state index >= 15 is 0 Å². The van der Waals surface area contributed by atoms with Crippen molar-refractivity contribution in [3.63, 3.8) is 0 Å². The third-order valence-corrected chi connectivity index (χ3v) is 7.39. The maximum absolute atomic E-state index is 12.3. The molecule has 3 N–H and O–H groups in total. The van der Waals surface area contributed by atoms with Gasteiger partial charge >= 0.3 is 12.1 Å². The smallest absolute Gasteiger partial charge is 0.407 e. The molecule has 0 aliphatic heterocycles. The maximum atomic E-state index is 12.3. The van der Waals surface area contributed by atoms with E-state index in [0.29, 0.717) is 25.9 Å². The molecule has 0 bridgehead atoms. The lowest BCUT2D eigenvalue weighted by molar-refractivity contribution is -0.142. The van der Waals surface area contributed by atoms with E-state index in [4.69, 9.17) is 9.84 Å². The number of carbonyl (C=O) groups is 3. The molecule has 2 aromatic rings. The topological polar surface area (TPSA) is 105 Å². The summed E-state index contributed by atoms with van der Waals surface area (Å²) in [5, 5.41) is 14.8. The molecule has 35 heavy (non-hydrogen) atoms. The quantitative estimate of drug-likeness (QED) is 0.434. The Labute approximate surface area is 206 Å². The van der Waals surface area contributed by atoms with Crippen LogP contribution in [-0.4, -0.2) is 42.8 Å². The zero-order valence-corrected chi connectivity index (χ0v) is 20.2. The molecule has 2 aliphatic rings. The number of amides is 2. The molecule has 0 radical (unpaired) electrons. The highest BCUT2D eigenvalue weighted by molar-refractivity contribution is 5.79. The van der Waals surface area contributed by atoms with Crippen molar-refractivity contribution in [2.75, 3.05) is 19.7 Å². The highest BCUT2D eigenvalue weighted by Gasteiger charge is 2.39. The van der Waals surface area contributed by atoms with Crippen LogP contribution in [0, 0.1) is 11.3 Å². The molecule has 1 fully saturated rings. The summed E-state index contributed by atoms with van der Waals surface area (Å²) in [6.45, 7) is 3.09. The van der Waals surface area contributed by atoms with Crippen molar-refractivity contribution in [1.82, 2.24) is 10.6 Å². The van der Waals surface area contributed by atoms with Crippen molar-refractivity contribution in [3.05, 3.63) is 59.7 Å². The zero-order chi connectivity index (χ0) is 24.8. The van der Waals surface area contributed by atoms with Gasteiger partial charge in [-0.25, -0.2) is 4.79 Å². The van der Waals surface area contributed by atoms with Crippen LogP contribution in [0.5, 0.6) is 0 Å². The summed E-state index contributed by atoms with van der Waals surface area (Å²) < 4.78 is 5.55. The molecule has 1 atom stereocenters. The number of benzene rings is 2. The van der Waals surface area contributed by atoms with Crippen molar-refractivity contribution >= 4 is 18.0 Å². The van der Waals surface area contributed by atoms with E-state index in [1.54, 1.807) is 0 Å². The lowest BCUT2D eigenvalue weighted by Crippen LogP contribution is -2.43. The number of carboxylic acid groups (broad SMARTS) is 1. The van der Waals surface area contributed by atoms with Gasteiger partial charge in [-0.05, 0) is 52.8 Å². The first-order valence-corrected chi connectivity index (χ1v) is 12.4. The molecule has 2 aliphatic carbocycles. The first-order valence-electron chi connectivity index (χ1n) is 12.4. The van der Waals surface area contributed by atoms with Crippen molar-refractivity contribution in [2.24, 2.45) is 11.3 Å². The molecule has 7 nitrogen and oxygen atoms in total. The highest BCUT2D eigenvalue weighted by Crippen LogP contribution is 2.45. The van der Waals surface area contributed by atoms with Gasteiger partial charge in [-0.2, -0.15) is 0 Å². The van der Waals surface area contributed by atoms with Crippen LogP contribution in [0.2, 0.25) is 0 Å². The molecule has 2 amide bonds. The van der Waals surface area contributed by atoms with E-state index in [1.807, 2.05) is 31.2 Å². The molecule has 186 valence electrons. The largest absolute Gasteiger partial charge is 0.481 e. The average Bonchev–Trinajstić information content (AvgIpc) is 3.13. The second-order valence-electron chi connectivity index (χ2n) is 10.1. The fraction of sp³-hybridized carbons (Fsp3) is 0.464. The van der Waals surface area contributed by atoms with E-state index in [0.717, 1.165) is 19.3 Å². The Morgan fingerprint density at radius 3 is 2.23 bits per heavy atom. The minimum absolute atomic E-state index is 0.0239. The van der Waals surface area contributed by atoms with E-state index in [2.05, 4.69) is 34.9 Å². The zero-order valence-electron chi connectivity index (χ0n) is 20.2. The van der Waals surface area contributed by atoms with Crippen LogP contribution in [0.15, 0.2) is 48.5 Å². The molecule has 0 aromatic heterocycles. The van der Waals surface area contributed by atoms with E-state index < -0.39 is 12.1 Å². The summed E-state index contributed by atoms with van der Waals surface area (Å²) in [4.78, 5) is 35.7. The Kier molecular flexibility index (Phi) is 7.73. The van der Waals surface area contributed by atoms with Crippen LogP contribution in [0.1, 0.15) is 62.5 Å². The SMILES string of the molecule is CC(CCNC(=O)OCC1c2ccccc2-c2ccccc21)CC(=O)NCC1(CC(=O)O)CCC1. The number of ether oxygens (including phenoxy) is 1. The summed E-state index contributed by atoms with van der Waals surface area (Å²) in [6.07, 6.45) is 3.35. The van der Waals surface area contributed by atoms with Gasteiger partial charge in [0.1, 0.15) is 6.61 Å². The van der Waals surface area contributed by atoms with Crippen molar-refractivity contribution < 1.29 is 24.2 Å². The molecular formula is C28H34N2O5. The number of fused-ring (bicyclic) bond motifs is 3. The molecule has 7 heteroatoms. The normalized spacial score (nSPS) is 16.4. The van der Waals surface area contributed by atoms with Crippen LogP contribution in [0.25, 0.3) is 11.1 Å². The summed E-state index contributed by atoms with van der Waals surface area (Å²) in [5.74, 6) is -0.779. The number of carboxylic acids is 1. The van der Waals surface area contributed by atoms with Gasteiger partial charge in [0.2, 0.25) is 5.91 Å². The minimum atomic E-state index is -0.813. The van der Waals surface area contributed by atoms with Gasteiger partial charge in [0.25, 0.3) is 0 Å². The number of rotatable bonds is 11.